The monoisotopic (exact) mass is 360 g/mol. The molecule has 2 heteroatoms. The van der Waals surface area contributed by atoms with Gasteiger partial charge in [-0.3, -0.25) is 0 Å². The predicted octanol–water partition coefficient (Wildman–Crippen LogP) is 4.96. The topological polar surface area (TPSA) is 9.23 Å². The summed E-state index contributed by atoms with van der Waals surface area (Å²) in [5.74, 6) is 0.200. The van der Waals surface area contributed by atoms with E-state index in [4.69, 9.17) is 4.43 Å². The summed E-state index contributed by atoms with van der Waals surface area (Å²) in [5.41, 5.74) is 7.08. The first kappa shape index (κ1) is 18.6. The highest BCUT2D eigenvalue weighted by molar-refractivity contribution is 5.98. The summed E-state index contributed by atoms with van der Waals surface area (Å²) < 4.78 is 6.48. The Kier molecular flexibility index (Phi) is 5.45. The smallest absolute Gasteiger partial charge is 0.147 e. The van der Waals surface area contributed by atoms with Crippen molar-refractivity contribution in [3.63, 3.8) is 0 Å². The minimum absolute atomic E-state index is 0.200. The minimum Gasteiger partial charge on any atom is -0.414 e. The van der Waals surface area contributed by atoms with Gasteiger partial charge in [0, 0.05) is 5.92 Å². The van der Waals surface area contributed by atoms with Crippen LogP contribution in [0.25, 0.3) is 0 Å². The Morgan fingerprint density at radius 2 is 1.00 bits per heavy atom. The minimum atomic E-state index is -0.469. The van der Waals surface area contributed by atoms with Crippen LogP contribution in [-0.2, 0) is 10.0 Å². The van der Waals surface area contributed by atoms with Crippen LogP contribution in [0.5, 0.6) is 0 Å². The van der Waals surface area contributed by atoms with E-state index in [2.05, 4.69) is 100 Å². The molecule has 3 aromatic rings. The van der Waals surface area contributed by atoms with Gasteiger partial charge in [0.2, 0.25) is 0 Å². The van der Waals surface area contributed by atoms with Crippen LogP contribution in [0.3, 0.4) is 0 Å². The summed E-state index contributed by atoms with van der Waals surface area (Å²) in [6.45, 7) is 8.66. The van der Waals surface area contributed by atoms with E-state index in [1.807, 2.05) is 0 Å². The van der Waals surface area contributed by atoms with Gasteiger partial charge in [-0.2, -0.15) is 0 Å². The molecule has 0 aliphatic carbocycles. The highest BCUT2D eigenvalue weighted by atomic mass is 28.2. The molecule has 0 amide bonds. The van der Waals surface area contributed by atoms with Crippen LogP contribution in [0, 0.1) is 20.8 Å². The van der Waals surface area contributed by atoms with Crippen LogP contribution in [-0.4, -0.2) is 10.5 Å². The third-order valence-electron chi connectivity index (χ3n) is 5.47. The Balaban J connectivity index is 2.21. The molecule has 0 fully saturated rings. The Morgan fingerprint density at radius 3 is 1.35 bits per heavy atom. The van der Waals surface area contributed by atoms with Gasteiger partial charge >= 0.3 is 0 Å². The van der Waals surface area contributed by atoms with Gasteiger partial charge in [0.15, 0.2) is 0 Å². The van der Waals surface area contributed by atoms with Crippen molar-refractivity contribution in [3.05, 3.63) is 106 Å². The van der Waals surface area contributed by atoms with Crippen LogP contribution in [0.4, 0.5) is 0 Å². The first-order chi connectivity index (χ1) is 12.5. The first-order valence-electron chi connectivity index (χ1n) is 9.23. The average molecular weight is 361 g/mol. The molecule has 3 rings (SSSR count). The van der Waals surface area contributed by atoms with E-state index < -0.39 is 5.60 Å². The van der Waals surface area contributed by atoms with Crippen molar-refractivity contribution in [2.75, 3.05) is 0 Å². The molecule has 0 heterocycles. The quantitative estimate of drug-likeness (QED) is 0.585. The third kappa shape index (κ3) is 3.40. The lowest BCUT2D eigenvalue weighted by Gasteiger charge is -2.40. The largest absolute Gasteiger partial charge is 0.414 e. The maximum absolute atomic E-state index is 6.48. The molecule has 1 nitrogen and oxygen atoms in total. The van der Waals surface area contributed by atoms with Gasteiger partial charge in [-0.25, -0.2) is 0 Å². The second-order valence-electron chi connectivity index (χ2n) is 7.30. The first-order valence-corrected chi connectivity index (χ1v) is 10.0. The summed E-state index contributed by atoms with van der Waals surface area (Å²) in [5, 5.41) is 0. The molecule has 3 aromatic carbocycles. The molecule has 0 bridgehead atoms. The number of benzene rings is 3. The van der Waals surface area contributed by atoms with Crippen LogP contribution in [0.1, 0.15) is 46.2 Å². The van der Waals surface area contributed by atoms with E-state index >= 15 is 0 Å². The van der Waals surface area contributed by atoms with Gasteiger partial charge in [-0.05, 0) is 37.5 Å². The Hall–Kier alpha value is -2.16. The maximum Gasteiger partial charge on any atom is 0.147 e. The van der Waals surface area contributed by atoms with Gasteiger partial charge in [0.05, 0.1) is 0 Å². The molecule has 134 valence electrons. The molecule has 0 spiro atoms. The fourth-order valence-corrected chi connectivity index (χ4v) is 4.60. The molecule has 26 heavy (non-hydrogen) atoms. The Labute approximate surface area is 160 Å². The van der Waals surface area contributed by atoms with E-state index in [1.54, 1.807) is 0 Å². The van der Waals surface area contributed by atoms with Crippen molar-refractivity contribution in [1.29, 1.82) is 0 Å². The number of rotatable bonds is 5. The van der Waals surface area contributed by atoms with E-state index in [9.17, 15) is 0 Å². The summed E-state index contributed by atoms with van der Waals surface area (Å²) in [7, 11) is 0.659. The lowest BCUT2D eigenvalue weighted by Crippen LogP contribution is -2.36. The zero-order chi connectivity index (χ0) is 18.7. The van der Waals surface area contributed by atoms with Gasteiger partial charge in [-0.1, -0.05) is 96.4 Å². The zero-order valence-electron chi connectivity index (χ0n) is 16.4. The normalized spacial score (nSPS) is 12.9. The van der Waals surface area contributed by atoms with Crippen LogP contribution in [0.15, 0.2) is 72.8 Å². The molecule has 0 aromatic heterocycles. The maximum atomic E-state index is 6.48. The molecular weight excluding hydrogens is 332 g/mol. The molecule has 1 atom stereocenters. The molecule has 0 radical (unpaired) electrons. The fraction of sp³-hybridized carbons (Fsp3) is 0.250. The van der Waals surface area contributed by atoms with Crippen LogP contribution in [0.2, 0.25) is 0 Å². The van der Waals surface area contributed by atoms with E-state index in [0.29, 0.717) is 10.5 Å². The van der Waals surface area contributed by atoms with Gasteiger partial charge < -0.3 is 4.43 Å². The van der Waals surface area contributed by atoms with Crippen LogP contribution >= 0.6 is 0 Å². The molecule has 1 unspecified atom stereocenters. The lowest BCUT2D eigenvalue weighted by molar-refractivity contribution is 0.0967. The predicted molar refractivity (Wildman–Crippen MR) is 114 cm³/mol. The van der Waals surface area contributed by atoms with Crippen molar-refractivity contribution >= 4 is 10.5 Å². The second-order valence-corrected chi connectivity index (χ2v) is 7.71. The van der Waals surface area contributed by atoms with E-state index in [-0.39, 0.29) is 5.92 Å². The number of aryl methyl sites for hydroxylation is 3. The van der Waals surface area contributed by atoms with E-state index in [1.165, 1.54) is 33.4 Å². The third-order valence-corrected chi connectivity index (χ3v) is 6.11. The Morgan fingerprint density at radius 1 is 0.654 bits per heavy atom. The van der Waals surface area contributed by atoms with E-state index in [0.717, 1.165) is 0 Å². The van der Waals surface area contributed by atoms with Gasteiger partial charge in [0.25, 0.3) is 0 Å². The highest BCUT2D eigenvalue weighted by Crippen LogP contribution is 2.45. The molecule has 0 saturated carbocycles. The highest BCUT2D eigenvalue weighted by Gasteiger charge is 2.40. The van der Waals surface area contributed by atoms with Crippen molar-refractivity contribution in [2.24, 2.45) is 0 Å². The molecule has 0 saturated heterocycles. The van der Waals surface area contributed by atoms with Gasteiger partial charge in [0.1, 0.15) is 16.1 Å². The van der Waals surface area contributed by atoms with Crippen LogP contribution < -0.4 is 0 Å². The zero-order valence-corrected chi connectivity index (χ0v) is 18.4. The summed E-state index contributed by atoms with van der Waals surface area (Å²) in [6, 6.07) is 26.4. The molecule has 0 aliphatic heterocycles. The fourth-order valence-electron chi connectivity index (χ4n) is 3.77. The van der Waals surface area contributed by atoms with Gasteiger partial charge in [-0.15, -0.1) is 0 Å². The van der Waals surface area contributed by atoms with Crippen molar-refractivity contribution in [2.45, 2.75) is 39.2 Å². The average Bonchev–Trinajstić information content (AvgIpc) is 2.66. The van der Waals surface area contributed by atoms with Crippen molar-refractivity contribution < 1.29 is 4.43 Å². The molecular formula is C24H28OSi. The van der Waals surface area contributed by atoms with Crippen molar-refractivity contribution in [1.82, 2.24) is 0 Å². The summed E-state index contributed by atoms with van der Waals surface area (Å²) in [4.78, 5) is 0. The number of hydrogen-bond donors (Lipinski definition) is 0. The second kappa shape index (κ2) is 7.61. The van der Waals surface area contributed by atoms with Crippen molar-refractivity contribution in [3.8, 4) is 0 Å². The summed E-state index contributed by atoms with van der Waals surface area (Å²) >= 11 is 0. The standard InChI is InChI=1S/C24H28OSi/c1-17-5-11-21(12-6-17)20(4)24(25-26,22-13-7-18(2)8-14-22)23-15-9-19(3)10-16-23/h5-16,20H,1-4,26H3. The molecule has 0 N–H and O–H groups in total. The SMILES string of the molecule is Cc1ccc(C(C)C(O[SiH3])(c2ccc(C)cc2)c2ccc(C)cc2)cc1. The summed E-state index contributed by atoms with van der Waals surface area (Å²) in [6.07, 6.45) is 0. The number of hydrogen-bond acceptors (Lipinski definition) is 1. The lowest BCUT2D eigenvalue weighted by atomic mass is 9.73. The molecule has 0 aliphatic rings. The Bertz CT molecular complexity index is 803.